The fourth-order valence-electron chi connectivity index (χ4n) is 1.49. The first-order valence-corrected chi connectivity index (χ1v) is 7.67. The number of alkyl halides is 4. The van der Waals surface area contributed by atoms with E-state index < -0.39 is 28.7 Å². The van der Waals surface area contributed by atoms with Crippen molar-refractivity contribution in [2.45, 2.75) is 23.8 Å². The van der Waals surface area contributed by atoms with Gasteiger partial charge in [0.15, 0.2) is 9.84 Å². The van der Waals surface area contributed by atoms with E-state index in [1.54, 1.807) is 0 Å². The molecule has 114 valence electrons. The second-order valence-corrected chi connectivity index (χ2v) is 6.55. The number of halogens is 5. The molecule has 1 aromatic carbocycles. The van der Waals surface area contributed by atoms with E-state index in [-0.39, 0.29) is 22.0 Å². The van der Waals surface area contributed by atoms with E-state index in [2.05, 4.69) is 5.32 Å². The van der Waals surface area contributed by atoms with Crippen molar-refractivity contribution in [3.8, 4) is 0 Å². The van der Waals surface area contributed by atoms with Crippen molar-refractivity contribution in [3.63, 3.8) is 0 Å². The van der Waals surface area contributed by atoms with Crippen molar-refractivity contribution in [1.82, 2.24) is 5.32 Å². The van der Waals surface area contributed by atoms with Gasteiger partial charge >= 0.3 is 12.3 Å². The average molecular weight is 334 g/mol. The summed E-state index contributed by atoms with van der Waals surface area (Å²) in [4.78, 5) is -0.127. The van der Waals surface area contributed by atoms with Gasteiger partial charge in [0.1, 0.15) is 0 Å². The van der Waals surface area contributed by atoms with Crippen LogP contribution in [0, 0.1) is 0 Å². The summed E-state index contributed by atoms with van der Waals surface area (Å²) in [6.07, 6.45) is -2.86. The SMILES string of the molecule is CS(=O)(=O)c1cccc(Cl)c1CNCC(F)(F)C(F)F. The van der Waals surface area contributed by atoms with Crippen molar-refractivity contribution in [2.24, 2.45) is 0 Å². The Morgan fingerprint density at radius 2 is 1.95 bits per heavy atom. The summed E-state index contributed by atoms with van der Waals surface area (Å²) in [5.74, 6) is -4.19. The third kappa shape index (κ3) is 4.32. The highest BCUT2D eigenvalue weighted by Crippen LogP contribution is 2.25. The lowest BCUT2D eigenvalue weighted by Crippen LogP contribution is -2.38. The second kappa shape index (κ2) is 6.28. The minimum absolute atomic E-state index is 0.0563. The Balaban J connectivity index is 2.89. The van der Waals surface area contributed by atoms with Crippen LogP contribution in [0.25, 0.3) is 0 Å². The number of rotatable bonds is 6. The molecule has 1 N–H and O–H groups in total. The molecule has 0 spiro atoms. The monoisotopic (exact) mass is 333 g/mol. The molecule has 0 unspecified atom stereocenters. The zero-order valence-electron chi connectivity index (χ0n) is 10.3. The number of benzene rings is 1. The quantitative estimate of drug-likeness (QED) is 0.814. The lowest BCUT2D eigenvalue weighted by molar-refractivity contribution is -0.125. The highest BCUT2D eigenvalue weighted by molar-refractivity contribution is 7.90. The van der Waals surface area contributed by atoms with Crippen molar-refractivity contribution in [1.29, 1.82) is 0 Å². The van der Waals surface area contributed by atoms with Crippen LogP contribution in [0.2, 0.25) is 5.02 Å². The maximum Gasteiger partial charge on any atom is 0.319 e. The van der Waals surface area contributed by atoms with Crippen LogP contribution in [0.4, 0.5) is 17.6 Å². The van der Waals surface area contributed by atoms with Gasteiger partial charge in [0, 0.05) is 23.4 Å². The molecule has 0 bridgehead atoms. The molecule has 0 fully saturated rings. The summed E-state index contributed by atoms with van der Waals surface area (Å²) < 4.78 is 72.4. The Labute approximate surface area is 118 Å². The molecule has 0 saturated carbocycles. The molecule has 1 rings (SSSR count). The average Bonchev–Trinajstić information content (AvgIpc) is 2.29. The molecule has 9 heteroatoms. The van der Waals surface area contributed by atoms with Gasteiger partial charge in [-0.2, -0.15) is 8.78 Å². The zero-order valence-corrected chi connectivity index (χ0v) is 11.9. The largest absolute Gasteiger partial charge is 0.319 e. The smallest absolute Gasteiger partial charge is 0.307 e. The van der Waals surface area contributed by atoms with Crippen LogP contribution in [-0.2, 0) is 16.4 Å². The van der Waals surface area contributed by atoms with Crippen LogP contribution < -0.4 is 5.32 Å². The summed E-state index contributed by atoms with van der Waals surface area (Å²) >= 11 is 5.81. The third-order valence-corrected chi connectivity index (χ3v) is 3.99. The van der Waals surface area contributed by atoms with Gasteiger partial charge in [-0.3, -0.25) is 0 Å². The van der Waals surface area contributed by atoms with Gasteiger partial charge in [0.2, 0.25) is 0 Å². The molecule has 0 heterocycles. The Hall–Kier alpha value is -0.860. The summed E-state index contributed by atoms with van der Waals surface area (Å²) in [5, 5.41) is 2.15. The van der Waals surface area contributed by atoms with Gasteiger partial charge in [0.05, 0.1) is 11.4 Å². The van der Waals surface area contributed by atoms with Crippen molar-refractivity contribution >= 4 is 21.4 Å². The van der Waals surface area contributed by atoms with Crippen molar-refractivity contribution in [3.05, 3.63) is 28.8 Å². The fourth-order valence-corrected chi connectivity index (χ4v) is 2.74. The molecule has 0 aliphatic carbocycles. The molecule has 0 saturated heterocycles. The summed E-state index contributed by atoms with van der Waals surface area (Å²) in [7, 11) is -3.60. The minimum atomic E-state index is -4.19. The summed E-state index contributed by atoms with van der Waals surface area (Å²) in [5.41, 5.74) is 0.0710. The zero-order chi connectivity index (χ0) is 15.6. The Morgan fingerprint density at radius 1 is 1.35 bits per heavy atom. The number of hydrogen-bond donors (Lipinski definition) is 1. The molecular formula is C11H12ClF4NO2S. The number of nitrogens with one attached hydrogen (secondary N) is 1. The van der Waals surface area contributed by atoms with Gasteiger partial charge < -0.3 is 5.32 Å². The predicted octanol–water partition coefficient (Wildman–Crippen LogP) is 2.73. The van der Waals surface area contributed by atoms with E-state index >= 15 is 0 Å². The third-order valence-electron chi connectivity index (χ3n) is 2.46. The molecule has 0 atom stereocenters. The normalized spacial score (nSPS) is 12.9. The van der Waals surface area contributed by atoms with Crippen LogP contribution >= 0.6 is 11.6 Å². The van der Waals surface area contributed by atoms with Gasteiger partial charge in [-0.25, -0.2) is 17.2 Å². The van der Waals surface area contributed by atoms with Crippen LogP contribution in [0.1, 0.15) is 5.56 Å². The summed E-state index contributed by atoms with van der Waals surface area (Å²) in [6, 6.07) is 4.05. The molecule has 20 heavy (non-hydrogen) atoms. The Bertz CT molecular complexity index is 578. The summed E-state index contributed by atoms with van der Waals surface area (Å²) in [6.45, 7) is -1.64. The van der Waals surface area contributed by atoms with E-state index in [9.17, 15) is 26.0 Å². The van der Waals surface area contributed by atoms with E-state index in [1.165, 1.54) is 18.2 Å². The first-order chi connectivity index (χ1) is 9.05. The lowest BCUT2D eigenvalue weighted by Gasteiger charge is -2.17. The minimum Gasteiger partial charge on any atom is -0.307 e. The highest BCUT2D eigenvalue weighted by Gasteiger charge is 2.40. The molecule has 0 aromatic heterocycles. The van der Waals surface area contributed by atoms with Crippen LogP contribution in [0.15, 0.2) is 23.1 Å². The van der Waals surface area contributed by atoms with Crippen LogP contribution in [0.3, 0.4) is 0 Å². The van der Waals surface area contributed by atoms with Gasteiger partial charge in [0.25, 0.3) is 0 Å². The standard InChI is InChI=1S/C11H12ClF4NO2S/c1-20(18,19)9-4-2-3-8(12)7(9)5-17-6-11(15,16)10(13)14/h2-4,10,17H,5-6H2,1H3. The van der Waals surface area contributed by atoms with E-state index in [1.807, 2.05) is 0 Å². The van der Waals surface area contributed by atoms with Gasteiger partial charge in [-0.15, -0.1) is 0 Å². The van der Waals surface area contributed by atoms with Crippen LogP contribution in [-0.4, -0.2) is 33.6 Å². The van der Waals surface area contributed by atoms with E-state index in [4.69, 9.17) is 11.6 Å². The Kier molecular flexibility index (Phi) is 5.39. The van der Waals surface area contributed by atoms with Crippen molar-refractivity contribution < 1.29 is 26.0 Å². The van der Waals surface area contributed by atoms with Crippen molar-refractivity contribution in [2.75, 3.05) is 12.8 Å². The van der Waals surface area contributed by atoms with Gasteiger partial charge in [-0.1, -0.05) is 17.7 Å². The predicted molar refractivity (Wildman–Crippen MR) is 67.2 cm³/mol. The number of hydrogen-bond acceptors (Lipinski definition) is 3. The van der Waals surface area contributed by atoms with Gasteiger partial charge in [-0.05, 0) is 12.1 Å². The molecule has 1 aromatic rings. The fraction of sp³-hybridized carbons (Fsp3) is 0.455. The first kappa shape index (κ1) is 17.2. The molecule has 0 radical (unpaired) electrons. The van der Waals surface area contributed by atoms with E-state index in [0.717, 1.165) is 6.26 Å². The lowest BCUT2D eigenvalue weighted by atomic mass is 10.2. The molecule has 0 amide bonds. The topological polar surface area (TPSA) is 46.2 Å². The molecule has 0 aliphatic heterocycles. The first-order valence-electron chi connectivity index (χ1n) is 5.40. The maximum absolute atomic E-state index is 12.7. The molecule has 3 nitrogen and oxygen atoms in total. The van der Waals surface area contributed by atoms with E-state index in [0.29, 0.717) is 0 Å². The second-order valence-electron chi connectivity index (χ2n) is 4.15. The molecular weight excluding hydrogens is 322 g/mol. The Morgan fingerprint density at radius 3 is 2.45 bits per heavy atom. The number of sulfone groups is 1. The maximum atomic E-state index is 12.7. The highest BCUT2D eigenvalue weighted by atomic mass is 35.5. The molecule has 0 aliphatic rings. The van der Waals surface area contributed by atoms with Crippen LogP contribution in [0.5, 0.6) is 0 Å².